The van der Waals surface area contributed by atoms with Gasteiger partial charge >= 0.3 is 12.1 Å². The lowest BCUT2D eigenvalue weighted by Crippen LogP contribution is -2.36. The number of ketones is 1. The number of rotatable bonds is 6. The standard InChI is InChI=1S/C21H17F3N2O4S/c1-13-4-2-3-5-16(13)31(29,30)17-10-11-25-18(17)19(27)15-8-6-14(7-9-15)12-26-20(28)21(22,23)24/h2-11,25H,12H2,1H3,(H,26,28). The van der Waals surface area contributed by atoms with Crippen LogP contribution < -0.4 is 5.32 Å². The number of benzene rings is 2. The number of hydrogen-bond acceptors (Lipinski definition) is 4. The van der Waals surface area contributed by atoms with Gasteiger partial charge < -0.3 is 10.3 Å². The van der Waals surface area contributed by atoms with Gasteiger partial charge in [-0.2, -0.15) is 13.2 Å². The summed E-state index contributed by atoms with van der Waals surface area (Å²) < 4.78 is 62.9. The Morgan fingerprint density at radius 1 is 0.968 bits per heavy atom. The quantitative estimate of drug-likeness (QED) is 0.562. The van der Waals surface area contributed by atoms with E-state index in [1.807, 2.05) is 0 Å². The molecule has 0 unspecified atom stereocenters. The van der Waals surface area contributed by atoms with E-state index in [2.05, 4.69) is 4.98 Å². The van der Waals surface area contributed by atoms with Crippen molar-refractivity contribution in [2.24, 2.45) is 0 Å². The van der Waals surface area contributed by atoms with Crippen LogP contribution in [0.25, 0.3) is 0 Å². The van der Waals surface area contributed by atoms with Crippen molar-refractivity contribution in [3.8, 4) is 0 Å². The molecule has 0 aliphatic carbocycles. The molecule has 0 fully saturated rings. The topological polar surface area (TPSA) is 96.1 Å². The first-order valence-corrected chi connectivity index (χ1v) is 10.5. The summed E-state index contributed by atoms with van der Waals surface area (Å²) in [7, 11) is -3.96. The van der Waals surface area contributed by atoms with Gasteiger partial charge in [0.15, 0.2) is 0 Å². The van der Waals surface area contributed by atoms with Crippen LogP contribution in [0, 0.1) is 6.92 Å². The number of carbonyl (C=O) groups is 2. The zero-order chi connectivity index (χ0) is 22.8. The molecule has 0 saturated heterocycles. The maximum atomic E-state index is 13.1. The highest BCUT2D eigenvalue weighted by atomic mass is 32.2. The first-order chi connectivity index (χ1) is 14.5. The fourth-order valence-electron chi connectivity index (χ4n) is 2.93. The summed E-state index contributed by atoms with van der Waals surface area (Å²) in [4.78, 5) is 26.3. The molecule has 1 heterocycles. The molecule has 0 bridgehead atoms. The van der Waals surface area contributed by atoms with Crippen molar-refractivity contribution in [1.82, 2.24) is 10.3 Å². The molecule has 0 radical (unpaired) electrons. The average molecular weight is 450 g/mol. The average Bonchev–Trinajstić information content (AvgIpc) is 3.22. The van der Waals surface area contributed by atoms with Crippen LogP contribution in [-0.4, -0.2) is 31.3 Å². The number of hydrogen-bond donors (Lipinski definition) is 2. The zero-order valence-electron chi connectivity index (χ0n) is 16.2. The number of aromatic amines is 1. The predicted molar refractivity (Wildman–Crippen MR) is 105 cm³/mol. The van der Waals surface area contributed by atoms with Gasteiger partial charge in [-0.25, -0.2) is 8.42 Å². The van der Waals surface area contributed by atoms with E-state index in [-0.39, 0.29) is 27.6 Å². The number of alkyl halides is 3. The van der Waals surface area contributed by atoms with Gasteiger partial charge in [0.25, 0.3) is 0 Å². The van der Waals surface area contributed by atoms with Gasteiger partial charge in [-0.3, -0.25) is 9.59 Å². The van der Waals surface area contributed by atoms with Crippen LogP contribution in [-0.2, 0) is 21.2 Å². The molecule has 2 aromatic carbocycles. The van der Waals surface area contributed by atoms with Gasteiger partial charge in [-0.05, 0) is 30.2 Å². The third kappa shape index (κ3) is 4.69. The number of amides is 1. The van der Waals surface area contributed by atoms with Gasteiger partial charge in [0.05, 0.1) is 4.90 Å². The lowest BCUT2D eigenvalue weighted by Gasteiger charge is -2.10. The predicted octanol–water partition coefficient (Wildman–Crippen LogP) is 3.57. The van der Waals surface area contributed by atoms with Crippen molar-refractivity contribution >= 4 is 21.5 Å². The molecule has 1 aromatic heterocycles. The molecule has 0 aliphatic rings. The first kappa shape index (κ1) is 22.3. The summed E-state index contributed by atoms with van der Waals surface area (Å²) in [6.45, 7) is 1.28. The van der Waals surface area contributed by atoms with E-state index in [9.17, 15) is 31.2 Å². The molecule has 31 heavy (non-hydrogen) atoms. The molecule has 0 atom stereocenters. The van der Waals surface area contributed by atoms with Crippen molar-refractivity contribution in [1.29, 1.82) is 0 Å². The molecule has 1 amide bonds. The Balaban J connectivity index is 1.83. The minimum absolute atomic E-state index is 0.0828. The molecule has 6 nitrogen and oxygen atoms in total. The number of H-pyrrole nitrogens is 1. The lowest BCUT2D eigenvalue weighted by molar-refractivity contribution is -0.173. The summed E-state index contributed by atoms with van der Waals surface area (Å²) in [5, 5.41) is 1.73. The summed E-state index contributed by atoms with van der Waals surface area (Å²) >= 11 is 0. The Bertz CT molecular complexity index is 1230. The highest BCUT2D eigenvalue weighted by Gasteiger charge is 2.38. The van der Waals surface area contributed by atoms with E-state index in [1.54, 1.807) is 30.4 Å². The molecule has 3 rings (SSSR count). The molecular formula is C21H17F3N2O4S. The molecule has 3 aromatic rings. The second-order valence-electron chi connectivity index (χ2n) is 6.69. The zero-order valence-corrected chi connectivity index (χ0v) is 17.0. The normalized spacial score (nSPS) is 11.9. The first-order valence-electron chi connectivity index (χ1n) is 8.98. The largest absolute Gasteiger partial charge is 0.471 e. The van der Waals surface area contributed by atoms with Crippen LogP contribution in [0.2, 0.25) is 0 Å². The van der Waals surface area contributed by atoms with Crippen LogP contribution in [0.4, 0.5) is 13.2 Å². The smallest absolute Gasteiger partial charge is 0.357 e. The Morgan fingerprint density at radius 3 is 2.23 bits per heavy atom. The van der Waals surface area contributed by atoms with Crippen molar-refractivity contribution in [3.05, 3.63) is 83.2 Å². The van der Waals surface area contributed by atoms with E-state index in [0.717, 1.165) is 0 Å². The number of nitrogens with one attached hydrogen (secondary N) is 2. The van der Waals surface area contributed by atoms with Crippen LogP contribution in [0.5, 0.6) is 0 Å². The van der Waals surface area contributed by atoms with Crippen LogP contribution in [0.1, 0.15) is 27.2 Å². The minimum Gasteiger partial charge on any atom is -0.357 e. The summed E-state index contributed by atoms with van der Waals surface area (Å²) in [5.41, 5.74) is 0.886. The second kappa shape index (κ2) is 8.38. The Kier molecular flexibility index (Phi) is 6.03. The van der Waals surface area contributed by atoms with E-state index >= 15 is 0 Å². The van der Waals surface area contributed by atoms with Crippen LogP contribution in [0.3, 0.4) is 0 Å². The SMILES string of the molecule is Cc1ccccc1S(=O)(=O)c1cc[nH]c1C(=O)c1ccc(CNC(=O)C(F)(F)F)cc1. The molecule has 0 saturated carbocycles. The Hall–Kier alpha value is -3.40. The van der Waals surface area contributed by atoms with Gasteiger partial charge in [-0.1, -0.05) is 42.5 Å². The minimum atomic E-state index is -4.98. The summed E-state index contributed by atoms with van der Waals surface area (Å²) in [6, 6.07) is 13.2. The number of halogens is 3. The third-order valence-electron chi connectivity index (χ3n) is 4.54. The number of aryl methyl sites for hydroxylation is 1. The van der Waals surface area contributed by atoms with E-state index < -0.39 is 27.7 Å². The highest BCUT2D eigenvalue weighted by molar-refractivity contribution is 7.91. The number of sulfone groups is 1. The number of carbonyl (C=O) groups excluding carboxylic acids is 2. The van der Waals surface area contributed by atoms with Gasteiger partial charge in [0.2, 0.25) is 15.6 Å². The maximum Gasteiger partial charge on any atom is 0.471 e. The lowest BCUT2D eigenvalue weighted by atomic mass is 10.1. The van der Waals surface area contributed by atoms with Crippen molar-refractivity contribution in [2.45, 2.75) is 29.4 Å². The molecule has 0 aliphatic heterocycles. The van der Waals surface area contributed by atoms with Crippen molar-refractivity contribution < 1.29 is 31.2 Å². The second-order valence-corrected chi connectivity index (χ2v) is 8.58. The fraction of sp³-hybridized carbons (Fsp3) is 0.143. The molecule has 2 N–H and O–H groups in total. The number of aromatic nitrogens is 1. The van der Waals surface area contributed by atoms with Crippen LogP contribution >= 0.6 is 0 Å². The van der Waals surface area contributed by atoms with Crippen molar-refractivity contribution in [3.63, 3.8) is 0 Å². The molecular weight excluding hydrogens is 433 g/mol. The van der Waals surface area contributed by atoms with Crippen molar-refractivity contribution in [2.75, 3.05) is 0 Å². The molecule has 162 valence electrons. The van der Waals surface area contributed by atoms with Gasteiger partial charge in [0, 0.05) is 18.3 Å². The maximum absolute atomic E-state index is 13.1. The molecule has 10 heteroatoms. The van der Waals surface area contributed by atoms with Gasteiger partial charge in [-0.15, -0.1) is 0 Å². The fourth-order valence-corrected chi connectivity index (χ4v) is 4.59. The third-order valence-corrected chi connectivity index (χ3v) is 6.49. The van der Waals surface area contributed by atoms with E-state index in [4.69, 9.17) is 0 Å². The Morgan fingerprint density at radius 2 is 1.61 bits per heavy atom. The van der Waals surface area contributed by atoms with E-state index in [1.165, 1.54) is 42.6 Å². The van der Waals surface area contributed by atoms with Crippen LogP contribution in [0.15, 0.2) is 70.6 Å². The monoisotopic (exact) mass is 450 g/mol. The van der Waals surface area contributed by atoms with E-state index in [0.29, 0.717) is 11.1 Å². The van der Waals surface area contributed by atoms with Gasteiger partial charge in [0.1, 0.15) is 10.6 Å². The highest BCUT2D eigenvalue weighted by Crippen LogP contribution is 2.27. The summed E-state index contributed by atoms with van der Waals surface area (Å²) in [6.07, 6.45) is -3.64. The summed E-state index contributed by atoms with van der Waals surface area (Å²) in [5.74, 6) is -2.66. The molecule has 0 spiro atoms. The Labute approximate surface area is 176 Å².